The third-order valence-corrected chi connectivity index (χ3v) is 13.2. The van der Waals surface area contributed by atoms with Crippen molar-refractivity contribution in [2.24, 2.45) is 17.3 Å². The van der Waals surface area contributed by atoms with Crippen molar-refractivity contribution in [2.75, 3.05) is 39.8 Å². The molecule has 8 rings (SSSR count). The van der Waals surface area contributed by atoms with E-state index in [9.17, 15) is 29.1 Å². The van der Waals surface area contributed by atoms with E-state index in [2.05, 4.69) is 65.0 Å². The molecule has 5 heterocycles. The van der Waals surface area contributed by atoms with Crippen LogP contribution in [0.3, 0.4) is 0 Å². The summed E-state index contributed by atoms with van der Waals surface area (Å²) in [5, 5.41) is 16.8. The summed E-state index contributed by atoms with van der Waals surface area (Å²) in [6.45, 7) is 13.1. The van der Waals surface area contributed by atoms with Gasteiger partial charge in [-0.3, -0.25) is 38.9 Å². The summed E-state index contributed by atoms with van der Waals surface area (Å²) in [7, 11) is 1.61. The zero-order valence-corrected chi connectivity index (χ0v) is 37.6. The SMILES string of the molecule is C=CC(=O)CN1CC[C@H](C(=O)N(C)[C@H](C(=O)N[C@H]2Cc3cc(O)cc(c3)-c3ccc4c(c3)c(c(-c3cccnc3)n4C3CC3)CC(C)(C)COC(=O)[C@@H]3CCCN(N3)C2=O)C(C)C)C1. The molecule has 4 aliphatic rings. The lowest BCUT2D eigenvalue weighted by Gasteiger charge is -2.37. The van der Waals surface area contributed by atoms with Crippen molar-refractivity contribution in [3.05, 3.63) is 84.7 Å². The molecule has 4 aromatic rings. The van der Waals surface area contributed by atoms with Crippen LogP contribution in [0.2, 0.25) is 0 Å². The number of cyclic esters (lactones) is 1. The summed E-state index contributed by atoms with van der Waals surface area (Å²) in [6.07, 6.45) is 9.25. The Bertz CT molecular complexity index is 2460. The number of ether oxygens (including phenoxy) is 1. The number of benzene rings is 2. The number of likely N-dealkylation sites (tertiary alicyclic amines) is 1. The van der Waals surface area contributed by atoms with Gasteiger partial charge in [0.2, 0.25) is 11.8 Å². The Balaban J connectivity index is 1.16. The number of likely N-dealkylation sites (N-methyl/N-ethyl adjacent to an activating group) is 1. The topological polar surface area (TPSA) is 166 Å². The molecule has 3 N–H and O–H groups in total. The first-order valence-corrected chi connectivity index (χ1v) is 22.7. The molecule has 6 bridgehead atoms. The molecule has 3 fully saturated rings. The Morgan fingerprint density at radius 2 is 1.84 bits per heavy atom. The Morgan fingerprint density at radius 1 is 1.05 bits per heavy atom. The quantitative estimate of drug-likeness (QED) is 0.135. The maximum atomic E-state index is 14.7. The van der Waals surface area contributed by atoms with Crippen LogP contribution < -0.4 is 10.7 Å². The van der Waals surface area contributed by atoms with Crippen LogP contribution in [0.25, 0.3) is 33.3 Å². The zero-order valence-electron chi connectivity index (χ0n) is 37.6. The van der Waals surface area contributed by atoms with Crippen molar-refractivity contribution in [3.63, 3.8) is 0 Å². The van der Waals surface area contributed by atoms with Crippen LogP contribution in [-0.2, 0) is 41.6 Å². The molecule has 64 heavy (non-hydrogen) atoms. The van der Waals surface area contributed by atoms with Gasteiger partial charge in [-0.05, 0) is 116 Å². The van der Waals surface area contributed by atoms with E-state index in [1.807, 2.05) is 37.1 Å². The maximum absolute atomic E-state index is 14.7. The number of carbonyl (C=O) groups excluding carboxylic acids is 5. The standard InChI is InChI=1S/C50H61N7O7/c1-7-37(58)28-55-19-16-34(27-55)47(61)54(6)44(30(2)3)46(60)52-42-22-31-20-35(23-38(59)21-31)32-12-15-43-39(24-32)40(45(57(43)36-13-14-36)33-10-8-17-51-26-33)25-50(4,5)29-64-49(63)41-11-9-18-56(53-41)48(42)62/h7-8,10,12,15,17,20-21,23-24,26,30,34,36,41-42,44,53,59H,1,9,11,13-14,16,18-19,22,25,27-29H2,2-6H3,(H,52,60)/t34-,41-,42-,44-/m0/s1. The fourth-order valence-electron chi connectivity index (χ4n) is 9.93. The van der Waals surface area contributed by atoms with Crippen molar-refractivity contribution >= 4 is 40.4 Å². The zero-order chi connectivity index (χ0) is 45.4. The van der Waals surface area contributed by atoms with Crippen LogP contribution in [0, 0.1) is 17.3 Å². The number of nitrogens with one attached hydrogen (secondary N) is 2. The van der Waals surface area contributed by atoms with Crippen LogP contribution in [-0.4, -0.2) is 117 Å². The van der Waals surface area contributed by atoms with E-state index in [0.717, 1.165) is 51.7 Å². The van der Waals surface area contributed by atoms with Crippen molar-refractivity contribution in [1.29, 1.82) is 0 Å². The van der Waals surface area contributed by atoms with Gasteiger partial charge >= 0.3 is 5.97 Å². The highest BCUT2D eigenvalue weighted by atomic mass is 16.5. The van der Waals surface area contributed by atoms with Gasteiger partial charge < -0.3 is 24.6 Å². The highest BCUT2D eigenvalue weighted by Crippen LogP contribution is 2.47. The molecule has 3 aliphatic heterocycles. The van der Waals surface area contributed by atoms with Crippen molar-refractivity contribution in [1.82, 2.24) is 35.1 Å². The molecule has 3 amide bonds. The Labute approximate surface area is 375 Å². The Morgan fingerprint density at radius 3 is 2.56 bits per heavy atom. The number of esters is 1. The second-order valence-corrected chi connectivity index (χ2v) is 19.3. The number of aromatic hydroxyl groups is 1. The smallest absolute Gasteiger partial charge is 0.324 e. The minimum atomic E-state index is -1.14. The molecular weight excluding hydrogens is 811 g/mol. The molecule has 4 atom stereocenters. The van der Waals surface area contributed by atoms with Crippen molar-refractivity contribution < 1.29 is 33.8 Å². The fraction of sp³-hybridized carbons (Fsp3) is 0.480. The largest absolute Gasteiger partial charge is 0.508 e. The van der Waals surface area contributed by atoms with Gasteiger partial charge in [0.05, 0.1) is 24.8 Å². The number of fused-ring (bicyclic) bond motifs is 6. The lowest BCUT2D eigenvalue weighted by molar-refractivity contribution is -0.155. The summed E-state index contributed by atoms with van der Waals surface area (Å²) < 4.78 is 8.53. The van der Waals surface area contributed by atoms with E-state index in [-0.39, 0.29) is 42.9 Å². The number of hydrogen-bond acceptors (Lipinski definition) is 10. The normalized spacial score (nSPS) is 22.2. The number of amides is 3. The average Bonchev–Trinajstić information content (AvgIpc) is 3.93. The average molecular weight is 872 g/mol. The molecule has 0 unspecified atom stereocenters. The molecule has 14 nitrogen and oxygen atoms in total. The molecule has 2 saturated heterocycles. The number of ketones is 1. The van der Waals surface area contributed by atoms with E-state index in [1.165, 1.54) is 16.0 Å². The van der Waals surface area contributed by atoms with Gasteiger partial charge in [0, 0.05) is 66.9 Å². The molecule has 1 aliphatic carbocycles. The summed E-state index contributed by atoms with van der Waals surface area (Å²) in [5.74, 6) is -2.45. The van der Waals surface area contributed by atoms with Crippen LogP contribution >= 0.6 is 0 Å². The molecule has 0 spiro atoms. The van der Waals surface area contributed by atoms with Crippen LogP contribution in [0.4, 0.5) is 0 Å². The second kappa shape index (κ2) is 18.3. The molecule has 1 saturated carbocycles. The third kappa shape index (κ3) is 9.49. The molecule has 2 aromatic heterocycles. The monoisotopic (exact) mass is 871 g/mol. The summed E-state index contributed by atoms with van der Waals surface area (Å²) in [5.41, 5.74) is 9.22. The number of carbonyl (C=O) groups is 5. The number of hydrogen-bond donors (Lipinski definition) is 3. The van der Waals surface area contributed by atoms with Gasteiger partial charge in [-0.1, -0.05) is 46.4 Å². The summed E-state index contributed by atoms with van der Waals surface area (Å²) in [6, 6.07) is 13.2. The van der Waals surface area contributed by atoms with Gasteiger partial charge in [-0.2, -0.15) is 0 Å². The van der Waals surface area contributed by atoms with E-state index < -0.39 is 47.2 Å². The van der Waals surface area contributed by atoms with Crippen molar-refractivity contribution in [3.8, 4) is 28.1 Å². The number of aromatic nitrogens is 2. The van der Waals surface area contributed by atoms with Crippen LogP contribution in [0.15, 0.2) is 73.6 Å². The first kappa shape index (κ1) is 44.7. The van der Waals surface area contributed by atoms with Gasteiger partial charge in [0.15, 0.2) is 5.78 Å². The Hall–Kier alpha value is -5.86. The predicted molar refractivity (Wildman–Crippen MR) is 244 cm³/mol. The van der Waals surface area contributed by atoms with E-state index in [1.54, 1.807) is 25.4 Å². The van der Waals surface area contributed by atoms with Crippen LogP contribution in [0.5, 0.6) is 5.75 Å². The minimum absolute atomic E-state index is 0.0113. The van der Waals surface area contributed by atoms with Crippen molar-refractivity contribution in [2.45, 2.75) is 96.8 Å². The molecule has 338 valence electrons. The maximum Gasteiger partial charge on any atom is 0.324 e. The highest BCUT2D eigenvalue weighted by molar-refractivity contribution is 5.96. The van der Waals surface area contributed by atoms with Gasteiger partial charge in [-0.25, -0.2) is 5.43 Å². The van der Waals surface area contributed by atoms with Gasteiger partial charge in [-0.15, -0.1) is 0 Å². The predicted octanol–water partition coefficient (Wildman–Crippen LogP) is 5.62. The molecule has 14 heteroatoms. The summed E-state index contributed by atoms with van der Waals surface area (Å²) >= 11 is 0. The first-order chi connectivity index (χ1) is 30.6. The number of hydrazine groups is 1. The lowest BCUT2D eigenvalue weighted by Crippen LogP contribution is -2.62. The summed E-state index contributed by atoms with van der Waals surface area (Å²) in [4.78, 5) is 76.9. The Kier molecular flexibility index (Phi) is 12.8. The number of phenolic OH excluding ortho intramolecular Hbond substituents is 1. The minimum Gasteiger partial charge on any atom is -0.508 e. The fourth-order valence-corrected chi connectivity index (χ4v) is 9.93. The highest BCUT2D eigenvalue weighted by Gasteiger charge is 2.40. The number of nitrogens with zero attached hydrogens (tertiary/aromatic N) is 5. The first-order valence-electron chi connectivity index (χ1n) is 22.7. The van der Waals surface area contributed by atoms with E-state index >= 15 is 0 Å². The van der Waals surface area contributed by atoms with Gasteiger partial charge in [0.1, 0.15) is 23.9 Å². The van der Waals surface area contributed by atoms with E-state index in [0.29, 0.717) is 56.9 Å². The number of phenols is 1. The molecular formula is C50H61N7O7. The molecule has 2 aromatic carbocycles. The van der Waals surface area contributed by atoms with Crippen LogP contribution in [0.1, 0.15) is 77.0 Å². The number of pyridine rings is 1. The molecule has 0 radical (unpaired) electrons. The number of rotatable bonds is 10. The van der Waals surface area contributed by atoms with Gasteiger partial charge in [0.25, 0.3) is 5.91 Å². The second-order valence-electron chi connectivity index (χ2n) is 19.3. The van der Waals surface area contributed by atoms with E-state index in [4.69, 9.17) is 4.74 Å². The third-order valence-electron chi connectivity index (χ3n) is 13.2. The lowest BCUT2D eigenvalue weighted by atomic mass is 9.84.